The van der Waals surface area contributed by atoms with E-state index in [9.17, 15) is 28.0 Å². The molecule has 10 aromatic rings. The van der Waals surface area contributed by atoms with Gasteiger partial charge in [-0.15, -0.1) is 0 Å². The molecule has 80 heavy (non-hydrogen) atoms. The van der Waals surface area contributed by atoms with Crippen molar-refractivity contribution in [3.05, 3.63) is 330 Å². The van der Waals surface area contributed by atoms with Crippen LogP contribution in [0.15, 0.2) is 303 Å². The van der Waals surface area contributed by atoms with E-state index >= 15 is 0 Å². The van der Waals surface area contributed by atoms with E-state index < -0.39 is 63.5 Å². The van der Waals surface area contributed by atoms with Crippen molar-refractivity contribution >= 4 is 90.3 Å². The average molecular weight is 1630 g/mol. The van der Waals surface area contributed by atoms with Crippen LogP contribution in [0.1, 0.15) is 0 Å². The number of hydrogen-bond donors (Lipinski definition) is 0. The summed E-state index contributed by atoms with van der Waals surface area (Å²) in [4.78, 5) is 0. The molecule has 0 aromatic heterocycles. The molecular weight excluding hydrogens is 1570 g/mol. The predicted octanol–water partition coefficient (Wildman–Crippen LogP) is 3.61. The topological polar surface area (TPSA) is 157 Å². The van der Waals surface area contributed by atoms with E-state index in [0.717, 1.165) is 0 Å². The zero-order valence-electron chi connectivity index (χ0n) is 43.1. The zero-order chi connectivity index (χ0) is 55.6. The molecule has 0 amide bonds. The Morgan fingerprint density at radius 3 is 0.487 bits per heavy atom. The molecule has 0 N–H and O–H groups in total. The van der Waals surface area contributed by atoms with E-state index in [4.69, 9.17) is 8.15 Å². The molecule has 8 nitrogen and oxygen atoms in total. The summed E-state index contributed by atoms with van der Waals surface area (Å²) in [6, 6.07) is 99.5. The van der Waals surface area contributed by atoms with Crippen molar-refractivity contribution in [3.8, 4) is 0 Å². The molecule has 0 bridgehead atoms. The van der Waals surface area contributed by atoms with Crippen molar-refractivity contribution in [1.29, 1.82) is 0 Å². The van der Waals surface area contributed by atoms with Crippen molar-refractivity contribution in [2.45, 2.75) is 0 Å². The van der Waals surface area contributed by atoms with E-state index in [1.54, 1.807) is 121 Å². The van der Waals surface area contributed by atoms with Gasteiger partial charge in [-0.1, -0.05) is 0 Å². The quantitative estimate of drug-likeness (QED) is 0.0910. The van der Waals surface area contributed by atoms with Crippen LogP contribution in [0.4, 0.5) is 0 Å². The summed E-state index contributed by atoms with van der Waals surface area (Å²) in [6.07, 6.45) is 0. The van der Waals surface area contributed by atoms with Gasteiger partial charge in [0.15, 0.2) is 0 Å². The Labute approximate surface area is 516 Å². The molecule has 0 atom stereocenters. The van der Waals surface area contributed by atoms with Gasteiger partial charge < -0.3 is 0 Å². The van der Waals surface area contributed by atoms with Gasteiger partial charge in [0.05, 0.1) is 0 Å². The van der Waals surface area contributed by atoms with Gasteiger partial charge >= 0.3 is 477 Å². The number of halogens is 2. The molecule has 422 valence electrons. The van der Waals surface area contributed by atoms with Crippen molar-refractivity contribution < 1.29 is 101 Å². The average Bonchev–Trinajstić information content (AvgIpc) is 3.46. The van der Waals surface area contributed by atoms with Gasteiger partial charge in [0.25, 0.3) is 0 Å². The summed E-state index contributed by atoms with van der Waals surface area (Å²) in [5.41, 5.74) is 0. The third-order valence-corrected chi connectivity index (χ3v) is 32.3. The molecular formula is C64H58As2Au2Cl2O8P2-4. The fraction of sp³-hybridized carbons (Fsp3) is 0. The zero-order valence-corrected chi connectivity index (χ0v) is 54.5. The molecule has 0 unspecified atom stereocenters. The molecule has 2 radical (unpaired) electrons. The third-order valence-electron chi connectivity index (χ3n) is 12.0. The Kier molecular flexibility index (Phi) is 25.4. The third kappa shape index (κ3) is 18.5. The van der Waals surface area contributed by atoms with E-state index in [2.05, 4.69) is 209 Å². The van der Waals surface area contributed by atoms with Crippen LogP contribution in [0.2, 0.25) is 0 Å². The normalized spacial score (nSPS) is 12.3. The van der Waals surface area contributed by atoms with Crippen molar-refractivity contribution in [1.82, 2.24) is 0 Å². The number of benzene rings is 10. The molecule has 10 aromatic carbocycles. The van der Waals surface area contributed by atoms with E-state index in [1.807, 2.05) is 0 Å². The summed E-state index contributed by atoms with van der Waals surface area (Å²) in [6.45, 7) is 7.67. The summed E-state index contributed by atoms with van der Waals surface area (Å²) < 4.78 is 85.5. The minimum atomic E-state index is -4.66. The van der Waals surface area contributed by atoms with Gasteiger partial charge in [0, 0.05) is 44.8 Å². The summed E-state index contributed by atoms with van der Waals surface area (Å²) in [5.74, 6) is 0. The Morgan fingerprint density at radius 1 is 0.237 bits per heavy atom. The van der Waals surface area contributed by atoms with E-state index in [1.165, 1.54) is 26.1 Å². The Bertz CT molecular complexity index is 2830. The monoisotopic (exact) mass is 1630 g/mol. The summed E-state index contributed by atoms with van der Waals surface area (Å²) in [5, 5.41) is 1.93. The van der Waals surface area contributed by atoms with Gasteiger partial charge in [0.2, 0.25) is 0 Å². The fourth-order valence-corrected chi connectivity index (χ4v) is 26.6. The molecule has 0 aliphatic carbocycles. The molecule has 0 heterocycles. The van der Waals surface area contributed by atoms with Crippen LogP contribution in [-0.4, -0.2) is 29.3 Å². The van der Waals surface area contributed by atoms with Crippen LogP contribution in [0, 0.1) is 47.1 Å². The molecule has 0 saturated carbocycles. The van der Waals surface area contributed by atoms with Crippen LogP contribution in [0.25, 0.3) is 0 Å². The van der Waals surface area contributed by atoms with Crippen LogP contribution in [0.3, 0.4) is 0 Å². The van der Waals surface area contributed by atoms with E-state index in [-0.39, 0.29) is 44.8 Å². The Morgan fingerprint density at radius 2 is 0.362 bits per heavy atom. The first-order valence-electron chi connectivity index (χ1n) is 24.2. The fourth-order valence-electron chi connectivity index (χ4n) is 8.32. The van der Waals surface area contributed by atoms with Gasteiger partial charge in [-0.25, -0.2) is 0 Å². The molecule has 0 aliphatic heterocycles. The molecule has 0 fully saturated rings. The minimum absolute atomic E-state index is 0. The second kappa shape index (κ2) is 30.5. The molecule has 16 heteroatoms. The van der Waals surface area contributed by atoms with Gasteiger partial charge in [-0.2, -0.15) is 0 Å². The van der Waals surface area contributed by atoms with Crippen molar-refractivity contribution in [2.75, 3.05) is 0 Å². The Balaban J connectivity index is 0.000000194. The van der Waals surface area contributed by atoms with Crippen LogP contribution < -0.4 is 75.3 Å². The summed E-state index contributed by atoms with van der Waals surface area (Å²) >= 11 is -2.78. The number of rotatable bonds is 14. The van der Waals surface area contributed by atoms with Crippen molar-refractivity contribution in [3.63, 3.8) is 0 Å². The van der Waals surface area contributed by atoms with Crippen LogP contribution >= 0.6 is 13.7 Å². The molecule has 0 saturated heterocycles. The van der Waals surface area contributed by atoms with Gasteiger partial charge in [-0.3, -0.25) is 0 Å². The molecule has 0 aliphatic rings. The first-order chi connectivity index (χ1) is 37.3. The Hall–Kier alpha value is -4.08. The van der Waals surface area contributed by atoms with Gasteiger partial charge in [-0.05, 0) is 0 Å². The second-order valence-corrected chi connectivity index (χ2v) is 37.4. The maximum atomic E-state index is 11.1. The van der Waals surface area contributed by atoms with Crippen molar-refractivity contribution in [2.24, 2.45) is 0 Å². The SMILES string of the molecule is [Au].[Au].[CH2-]P([CH2-])(O[Cl+3]([O-])([O-])[O-])(c1ccccc1)c1ccccc1.[CH2-]P([CH2-])(O[Cl+3]([O-])([O-])[O-])(c1ccccc1)c1ccccc1.c1ccc([As](c2ccccc2)c2ccccc2)cc1.c1ccc([As](c2ccccc2)c2ccccc2)cc1. The predicted molar refractivity (Wildman–Crippen MR) is 310 cm³/mol. The maximum absolute atomic E-state index is 11.1. The molecule has 0 spiro atoms. The standard InChI is InChI=1S/2C18H15As.2C14H14ClO4P.2Au/c2*1-4-10-16(11-5-1)19(17-12-6-2-7-13-17)18-14-8-3-9-15-18;2*1-20(2,19-15(16,17)18,13-9-5-3-6-10-13)14-11-7-4-8-12-14;;/h2*1-15H;2*3-12H,1-2H2;;/q;;2*-2;;. The first kappa shape index (κ1) is 66.7. The van der Waals surface area contributed by atoms with Gasteiger partial charge in [0.1, 0.15) is 0 Å². The van der Waals surface area contributed by atoms with Crippen LogP contribution in [-0.2, 0) is 52.9 Å². The number of hydrogen-bond acceptors (Lipinski definition) is 8. The first-order valence-corrected chi connectivity index (χ1v) is 37.4. The van der Waals surface area contributed by atoms with Crippen LogP contribution in [0.5, 0.6) is 0 Å². The second-order valence-electron chi connectivity index (χ2n) is 17.7. The van der Waals surface area contributed by atoms with E-state index in [0.29, 0.717) is 21.2 Å². The molecule has 10 rings (SSSR count). The summed E-state index contributed by atoms with van der Waals surface area (Å²) in [7, 11) is -9.31.